The summed E-state index contributed by atoms with van der Waals surface area (Å²) in [5.74, 6) is 0.225. The molecule has 0 bridgehead atoms. The summed E-state index contributed by atoms with van der Waals surface area (Å²) < 4.78 is 31.5. The van der Waals surface area contributed by atoms with Gasteiger partial charge in [0.15, 0.2) is 5.76 Å². The number of carbonyl (C=O) groups is 1. The Hall–Kier alpha value is -1.41. The third-order valence-corrected chi connectivity index (χ3v) is 5.57. The van der Waals surface area contributed by atoms with Gasteiger partial charge in [0.25, 0.3) is 0 Å². The highest BCUT2D eigenvalue weighted by Crippen LogP contribution is 2.25. The summed E-state index contributed by atoms with van der Waals surface area (Å²) in [6, 6.07) is 0.0450. The van der Waals surface area contributed by atoms with E-state index in [4.69, 9.17) is 4.52 Å². The summed E-state index contributed by atoms with van der Waals surface area (Å²) in [5, 5.41) is 6.51. The van der Waals surface area contributed by atoms with E-state index in [-0.39, 0.29) is 16.8 Å². The average Bonchev–Trinajstić information content (AvgIpc) is 2.69. The zero-order chi connectivity index (χ0) is 14.9. The van der Waals surface area contributed by atoms with Crippen LogP contribution in [-0.4, -0.2) is 42.9 Å². The lowest BCUT2D eigenvalue weighted by Gasteiger charge is -2.31. The number of carbonyl (C=O) groups excluding carboxylic acids is 1. The molecule has 1 aliphatic rings. The van der Waals surface area contributed by atoms with Crippen molar-refractivity contribution in [3.8, 4) is 0 Å². The number of rotatable bonds is 3. The number of piperidine rings is 1. The molecular weight excluding hydrogens is 282 g/mol. The quantitative estimate of drug-likeness (QED) is 0.881. The highest BCUT2D eigenvalue weighted by Gasteiger charge is 2.33. The summed E-state index contributed by atoms with van der Waals surface area (Å²) in [7, 11) is -3.57. The van der Waals surface area contributed by atoms with Crippen molar-refractivity contribution < 1.29 is 17.7 Å². The first kappa shape index (κ1) is 15.0. The van der Waals surface area contributed by atoms with Gasteiger partial charge in [0.2, 0.25) is 15.9 Å². The molecule has 1 amide bonds. The third kappa shape index (κ3) is 2.85. The Balaban J connectivity index is 2.12. The molecule has 0 unspecified atom stereocenters. The fraction of sp³-hybridized carbons (Fsp3) is 0.667. The standard InChI is InChI=1S/C12H19N3O4S/c1-8-12(9(2)19-14-8)20(17,18)15-6-4-11(5-7-15)13-10(3)16/h11H,4-7H2,1-3H3,(H,13,16). The van der Waals surface area contributed by atoms with E-state index >= 15 is 0 Å². The zero-order valence-electron chi connectivity index (χ0n) is 11.8. The van der Waals surface area contributed by atoms with Gasteiger partial charge in [0.1, 0.15) is 10.6 Å². The molecular formula is C12H19N3O4S. The molecule has 1 aromatic rings. The lowest BCUT2D eigenvalue weighted by atomic mass is 10.1. The highest BCUT2D eigenvalue weighted by atomic mass is 32.2. The molecule has 2 rings (SSSR count). The number of nitrogens with zero attached hydrogens (tertiary/aromatic N) is 2. The number of amides is 1. The van der Waals surface area contributed by atoms with Crippen molar-refractivity contribution in [2.24, 2.45) is 0 Å². The molecule has 0 aliphatic carbocycles. The Kier molecular flexibility index (Phi) is 4.14. The van der Waals surface area contributed by atoms with Crippen molar-refractivity contribution in [1.29, 1.82) is 0 Å². The number of hydrogen-bond acceptors (Lipinski definition) is 5. The summed E-state index contributed by atoms with van der Waals surface area (Å²) in [4.78, 5) is 11.2. The van der Waals surface area contributed by atoms with E-state index in [9.17, 15) is 13.2 Å². The largest absolute Gasteiger partial charge is 0.360 e. The molecule has 1 aliphatic heterocycles. The first-order valence-corrected chi connectivity index (χ1v) is 7.96. The van der Waals surface area contributed by atoms with Crippen LogP contribution in [0.15, 0.2) is 9.42 Å². The number of hydrogen-bond donors (Lipinski definition) is 1. The number of aryl methyl sites for hydroxylation is 2. The van der Waals surface area contributed by atoms with Crippen LogP contribution in [-0.2, 0) is 14.8 Å². The summed E-state index contributed by atoms with van der Waals surface area (Å²) in [5.41, 5.74) is 0.381. The summed E-state index contributed by atoms with van der Waals surface area (Å²) in [6.07, 6.45) is 1.23. The third-order valence-electron chi connectivity index (χ3n) is 3.43. The highest BCUT2D eigenvalue weighted by molar-refractivity contribution is 7.89. The van der Waals surface area contributed by atoms with Crippen LogP contribution in [0.4, 0.5) is 0 Å². The van der Waals surface area contributed by atoms with Crippen LogP contribution >= 0.6 is 0 Å². The first-order valence-electron chi connectivity index (χ1n) is 6.52. The molecule has 8 heteroatoms. The Morgan fingerprint density at radius 1 is 1.35 bits per heavy atom. The Bertz CT molecular complexity index is 581. The normalized spacial score (nSPS) is 18.1. The minimum atomic E-state index is -3.57. The molecule has 20 heavy (non-hydrogen) atoms. The molecule has 0 radical (unpaired) electrons. The number of aromatic nitrogens is 1. The first-order chi connectivity index (χ1) is 9.32. The van der Waals surface area contributed by atoms with Crippen LogP contribution in [0.3, 0.4) is 0 Å². The topological polar surface area (TPSA) is 92.5 Å². The summed E-state index contributed by atoms with van der Waals surface area (Å²) in [6.45, 7) is 5.45. The second-order valence-corrected chi connectivity index (χ2v) is 6.91. The Morgan fingerprint density at radius 3 is 2.40 bits per heavy atom. The van der Waals surface area contributed by atoms with Crippen LogP contribution in [0.25, 0.3) is 0 Å². The van der Waals surface area contributed by atoms with Crippen LogP contribution in [0, 0.1) is 13.8 Å². The molecule has 1 aromatic heterocycles. The van der Waals surface area contributed by atoms with Gasteiger partial charge in [-0.05, 0) is 26.7 Å². The monoisotopic (exact) mass is 301 g/mol. The molecule has 0 spiro atoms. The maximum absolute atomic E-state index is 12.6. The lowest BCUT2D eigenvalue weighted by Crippen LogP contribution is -2.46. The van der Waals surface area contributed by atoms with Crippen LogP contribution in [0.1, 0.15) is 31.2 Å². The Labute approximate surface area is 118 Å². The van der Waals surface area contributed by atoms with Crippen LogP contribution in [0.5, 0.6) is 0 Å². The maximum atomic E-state index is 12.6. The van der Waals surface area contributed by atoms with Gasteiger partial charge in [-0.15, -0.1) is 0 Å². The lowest BCUT2D eigenvalue weighted by molar-refractivity contribution is -0.119. The van der Waals surface area contributed by atoms with E-state index in [1.54, 1.807) is 13.8 Å². The van der Waals surface area contributed by atoms with E-state index in [1.807, 2.05) is 0 Å². The zero-order valence-corrected chi connectivity index (χ0v) is 12.7. The average molecular weight is 301 g/mol. The maximum Gasteiger partial charge on any atom is 0.248 e. The van der Waals surface area contributed by atoms with Crippen molar-refractivity contribution in [1.82, 2.24) is 14.8 Å². The minimum absolute atomic E-state index is 0.0450. The predicted octanol–water partition coefficient (Wildman–Crippen LogP) is 0.581. The molecule has 1 N–H and O–H groups in total. The van der Waals surface area contributed by atoms with E-state index in [2.05, 4.69) is 10.5 Å². The molecule has 0 saturated carbocycles. The van der Waals surface area contributed by atoms with Crippen molar-refractivity contribution >= 4 is 15.9 Å². The van der Waals surface area contributed by atoms with Gasteiger partial charge in [0.05, 0.1) is 0 Å². The van der Waals surface area contributed by atoms with E-state index in [0.717, 1.165) is 0 Å². The second kappa shape index (κ2) is 5.53. The van der Waals surface area contributed by atoms with E-state index in [1.165, 1.54) is 11.2 Å². The number of sulfonamides is 1. The minimum Gasteiger partial charge on any atom is -0.360 e. The number of nitrogens with one attached hydrogen (secondary N) is 1. The van der Waals surface area contributed by atoms with Crippen LogP contribution < -0.4 is 5.32 Å². The fourth-order valence-electron chi connectivity index (χ4n) is 2.50. The van der Waals surface area contributed by atoms with Gasteiger partial charge in [-0.2, -0.15) is 4.31 Å². The van der Waals surface area contributed by atoms with Gasteiger partial charge in [-0.3, -0.25) is 4.79 Å². The SMILES string of the molecule is CC(=O)NC1CCN(S(=O)(=O)c2c(C)noc2C)CC1. The molecule has 1 fully saturated rings. The molecule has 2 heterocycles. The second-order valence-electron chi connectivity index (χ2n) is 5.03. The fourth-order valence-corrected chi connectivity index (χ4v) is 4.26. The van der Waals surface area contributed by atoms with Gasteiger partial charge >= 0.3 is 0 Å². The molecule has 7 nitrogen and oxygen atoms in total. The predicted molar refractivity (Wildman–Crippen MR) is 71.6 cm³/mol. The van der Waals surface area contributed by atoms with Gasteiger partial charge in [0, 0.05) is 26.1 Å². The van der Waals surface area contributed by atoms with Crippen molar-refractivity contribution in [3.63, 3.8) is 0 Å². The van der Waals surface area contributed by atoms with Gasteiger partial charge in [-0.25, -0.2) is 8.42 Å². The smallest absolute Gasteiger partial charge is 0.248 e. The molecule has 0 aromatic carbocycles. The van der Waals surface area contributed by atoms with Crippen molar-refractivity contribution in [2.45, 2.75) is 44.6 Å². The van der Waals surface area contributed by atoms with Gasteiger partial charge < -0.3 is 9.84 Å². The molecule has 112 valence electrons. The summed E-state index contributed by atoms with van der Waals surface area (Å²) >= 11 is 0. The van der Waals surface area contributed by atoms with Crippen molar-refractivity contribution in [3.05, 3.63) is 11.5 Å². The van der Waals surface area contributed by atoms with Crippen LogP contribution in [0.2, 0.25) is 0 Å². The molecule has 1 saturated heterocycles. The van der Waals surface area contributed by atoms with E-state index in [0.29, 0.717) is 37.4 Å². The van der Waals surface area contributed by atoms with Crippen molar-refractivity contribution in [2.75, 3.05) is 13.1 Å². The van der Waals surface area contributed by atoms with E-state index < -0.39 is 10.0 Å². The Morgan fingerprint density at radius 2 is 1.95 bits per heavy atom. The molecule has 0 atom stereocenters. The van der Waals surface area contributed by atoms with Gasteiger partial charge in [-0.1, -0.05) is 5.16 Å².